The molecule has 4 rings (SSSR count). The summed E-state index contributed by atoms with van der Waals surface area (Å²) in [7, 11) is 1.60. The van der Waals surface area contributed by atoms with E-state index in [1.54, 1.807) is 29.6 Å². The second kappa shape index (κ2) is 14.4. The quantitative estimate of drug-likeness (QED) is 0.158. The molecule has 0 saturated carbocycles. The first-order valence-corrected chi connectivity index (χ1v) is 14.3. The van der Waals surface area contributed by atoms with E-state index in [2.05, 4.69) is 13.0 Å². The maximum absolute atomic E-state index is 13.1. The number of halogens is 2. The molecule has 0 spiro atoms. The molecule has 8 heteroatoms. The number of hydrogen-bond acceptors (Lipinski definition) is 4. The van der Waals surface area contributed by atoms with Gasteiger partial charge in [0.05, 0.1) is 28.4 Å². The molecule has 1 amide bonds. The summed E-state index contributed by atoms with van der Waals surface area (Å²) in [5.74, 6) is 0.832. The van der Waals surface area contributed by atoms with Gasteiger partial charge in [0.25, 0.3) is 5.56 Å². The molecule has 1 saturated heterocycles. The van der Waals surface area contributed by atoms with Gasteiger partial charge in [-0.2, -0.15) is 0 Å². The fourth-order valence-electron chi connectivity index (χ4n) is 4.68. The molecule has 1 fully saturated rings. The van der Waals surface area contributed by atoms with Gasteiger partial charge in [-0.25, -0.2) is 0 Å². The Morgan fingerprint density at radius 2 is 1.82 bits per heavy atom. The molecule has 2 aromatic carbocycles. The summed E-state index contributed by atoms with van der Waals surface area (Å²) in [5, 5.41) is 12.5. The number of ether oxygens (including phenoxy) is 1. The van der Waals surface area contributed by atoms with Crippen LogP contribution in [0, 0.1) is 6.92 Å². The maximum atomic E-state index is 13.1. The molecule has 40 heavy (non-hydrogen) atoms. The van der Waals surface area contributed by atoms with Gasteiger partial charge in [-0.3, -0.25) is 9.59 Å². The monoisotopic (exact) mass is 584 g/mol. The summed E-state index contributed by atoms with van der Waals surface area (Å²) in [6, 6.07) is 11.3. The van der Waals surface area contributed by atoms with Gasteiger partial charge < -0.3 is 19.3 Å². The van der Waals surface area contributed by atoms with Crippen molar-refractivity contribution in [2.45, 2.75) is 59.9 Å². The van der Waals surface area contributed by atoms with Crippen LogP contribution in [0.25, 0.3) is 16.5 Å². The van der Waals surface area contributed by atoms with E-state index in [4.69, 9.17) is 27.9 Å². The number of nitrogens with zero attached hydrogens (tertiary/aromatic N) is 2. The first kappa shape index (κ1) is 31.3. The number of rotatable bonds is 9. The molecule has 2 heterocycles. The number of methoxy groups -OCH3 is 1. The first-order valence-electron chi connectivity index (χ1n) is 13.5. The minimum atomic E-state index is -0.0458. The van der Waals surface area contributed by atoms with Crippen LogP contribution in [0.2, 0.25) is 10.0 Å². The number of fused-ring (bicyclic) bond motifs is 1. The fourth-order valence-corrected chi connectivity index (χ4v) is 5.00. The van der Waals surface area contributed by atoms with E-state index in [9.17, 15) is 14.7 Å². The average molecular weight is 586 g/mol. The molecule has 0 radical (unpaired) electrons. The van der Waals surface area contributed by atoms with E-state index < -0.39 is 0 Å². The van der Waals surface area contributed by atoms with Gasteiger partial charge in [0, 0.05) is 42.4 Å². The lowest BCUT2D eigenvalue weighted by atomic mass is 9.94. The zero-order valence-electron chi connectivity index (χ0n) is 23.9. The van der Waals surface area contributed by atoms with E-state index >= 15 is 0 Å². The summed E-state index contributed by atoms with van der Waals surface area (Å²) in [6.45, 7) is 10.1. The second-order valence-electron chi connectivity index (χ2n) is 10.0. The molecular weight excluding hydrogens is 547 g/mol. The van der Waals surface area contributed by atoms with Crippen molar-refractivity contribution < 1.29 is 14.6 Å². The number of unbranched alkanes of at least 4 members (excludes halogenated alkanes) is 1. The van der Waals surface area contributed by atoms with Crippen LogP contribution in [0.1, 0.15) is 56.7 Å². The highest BCUT2D eigenvalue weighted by atomic mass is 35.5. The molecular formula is C32H38Cl2N2O4. The van der Waals surface area contributed by atoms with Gasteiger partial charge in [-0.05, 0) is 80.8 Å². The molecule has 1 aliphatic rings. The van der Waals surface area contributed by atoms with Gasteiger partial charge in [0.2, 0.25) is 6.41 Å². The molecule has 214 valence electrons. The molecule has 1 aliphatic heterocycles. The standard InChI is InChI=1S/C28H31Cl2NO3.C4H7NO/c1-6-7-8-17(2)27(19(4)32)22-15-21-13-18(3)28(33)31(25(21)16-26(22)34-5)12-11-20-9-10-23(29)24(30)14-20;6-4-5-2-1-3-5/h8-10,13-16,32H,6-7,11-12H2,1-5H3;4H,1-3H2/b17-8+,27-19+;. The molecule has 0 aliphatic carbocycles. The number of pyridine rings is 1. The fraction of sp³-hybridized carbons (Fsp3) is 0.375. The number of aliphatic hydroxyl groups excluding tert-OH is 1. The third kappa shape index (κ3) is 7.49. The molecule has 3 aromatic rings. The molecule has 0 unspecified atom stereocenters. The van der Waals surface area contributed by atoms with Crippen molar-refractivity contribution in [2.24, 2.45) is 0 Å². The van der Waals surface area contributed by atoms with Crippen molar-refractivity contribution in [1.82, 2.24) is 9.47 Å². The normalized spacial score (nSPS) is 13.8. The van der Waals surface area contributed by atoms with Gasteiger partial charge in [0.15, 0.2) is 0 Å². The Kier molecular flexibility index (Phi) is 11.3. The number of benzene rings is 2. The zero-order chi connectivity index (χ0) is 29.4. The summed E-state index contributed by atoms with van der Waals surface area (Å²) < 4.78 is 7.51. The summed E-state index contributed by atoms with van der Waals surface area (Å²) in [5.41, 5.74) is 4.92. The number of aromatic nitrogens is 1. The highest BCUT2D eigenvalue weighted by Gasteiger charge is 2.18. The van der Waals surface area contributed by atoms with Crippen molar-refractivity contribution in [3.63, 3.8) is 0 Å². The topological polar surface area (TPSA) is 71.8 Å². The van der Waals surface area contributed by atoms with Crippen LogP contribution in [-0.2, 0) is 17.8 Å². The highest BCUT2D eigenvalue weighted by Crippen LogP contribution is 2.36. The average Bonchev–Trinajstić information content (AvgIpc) is 2.89. The molecule has 1 aromatic heterocycles. The lowest BCUT2D eigenvalue weighted by Crippen LogP contribution is -2.35. The molecule has 1 N–H and O–H groups in total. The summed E-state index contributed by atoms with van der Waals surface area (Å²) in [4.78, 5) is 24.6. The van der Waals surface area contributed by atoms with Crippen molar-refractivity contribution in [2.75, 3.05) is 20.2 Å². The van der Waals surface area contributed by atoms with Crippen LogP contribution >= 0.6 is 23.2 Å². The number of aryl methyl sites for hydroxylation is 3. The van der Waals surface area contributed by atoms with E-state index in [0.717, 1.165) is 65.5 Å². The SMILES string of the molecule is CCC/C=C(C)/C(=C(/C)O)c1cc2cc(C)c(=O)n(CCc3ccc(Cl)c(Cl)c3)c2cc1OC.O=CN1CCC1. The van der Waals surface area contributed by atoms with Gasteiger partial charge >= 0.3 is 0 Å². The third-order valence-electron chi connectivity index (χ3n) is 7.01. The van der Waals surface area contributed by atoms with E-state index in [0.29, 0.717) is 34.3 Å². The third-order valence-corrected chi connectivity index (χ3v) is 7.75. The Hall–Kier alpha value is -3.22. The highest BCUT2D eigenvalue weighted by molar-refractivity contribution is 6.42. The van der Waals surface area contributed by atoms with Crippen molar-refractivity contribution >= 4 is 46.1 Å². The Balaban J connectivity index is 0.000000649. The van der Waals surface area contributed by atoms with E-state index in [1.165, 1.54) is 6.42 Å². The maximum Gasteiger partial charge on any atom is 0.253 e. The Morgan fingerprint density at radius 1 is 1.10 bits per heavy atom. The molecule has 6 nitrogen and oxygen atoms in total. The van der Waals surface area contributed by atoms with E-state index in [1.807, 2.05) is 44.2 Å². The smallest absolute Gasteiger partial charge is 0.253 e. The van der Waals surface area contributed by atoms with Gasteiger partial charge in [-0.15, -0.1) is 0 Å². The van der Waals surface area contributed by atoms with Crippen LogP contribution in [-0.4, -0.2) is 41.2 Å². The number of likely N-dealkylation sites (tertiary alicyclic amines) is 1. The minimum Gasteiger partial charge on any atom is -0.512 e. The number of carbonyl (C=O) groups is 1. The van der Waals surface area contributed by atoms with Crippen molar-refractivity contribution in [3.8, 4) is 5.75 Å². The second-order valence-corrected chi connectivity index (χ2v) is 10.8. The van der Waals surface area contributed by atoms with Crippen LogP contribution in [0.4, 0.5) is 0 Å². The Labute approximate surface area is 246 Å². The number of allylic oxidation sites excluding steroid dienone is 4. The van der Waals surface area contributed by atoms with Crippen molar-refractivity contribution in [3.05, 3.63) is 90.9 Å². The van der Waals surface area contributed by atoms with Crippen molar-refractivity contribution in [1.29, 1.82) is 0 Å². The molecule has 0 bridgehead atoms. The Bertz CT molecular complexity index is 1480. The summed E-state index contributed by atoms with van der Waals surface area (Å²) in [6.07, 6.45) is 6.78. The molecule has 0 atom stereocenters. The lowest BCUT2D eigenvalue weighted by molar-refractivity contribution is -0.121. The van der Waals surface area contributed by atoms with E-state index in [-0.39, 0.29) is 11.3 Å². The first-order chi connectivity index (χ1) is 19.1. The van der Waals surface area contributed by atoms with Crippen LogP contribution in [0.5, 0.6) is 5.75 Å². The number of hydrogen-bond donors (Lipinski definition) is 1. The Morgan fingerprint density at radius 3 is 2.35 bits per heavy atom. The van der Waals surface area contributed by atoms with Crippen LogP contribution in [0.3, 0.4) is 0 Å². The predicted molar refractivity (Wildman–Crippen MR) is 166 cm³/mol. The lowest BCUT2D eigenvalue weighted by Gasteiger charge is -2.25. The van der Waals surface area contributed by atoms with Gasteiger partial charge in [-0.1, -0.05) is 48.7 Å². The van der Waals surface area contributed by atoms with Crippen LogP contribution in [0.15, 0.2) is 58.6 Å². The zero-order valence-corrected chi connectivity index (χ0v) is 25.4. The largest absolute Gasteiger partial charge is 0.512 e. The predicted octanol–water partition coefficient (Wildman–Crippen LogP) is 7.75. The summed E-state index contributed by atoms with van der Waals surface area (Å²) >= 11 is 12.2. The minimum absolute atomic E-state index is 0.0458. The number of carbonyl (C=O) groups excluding carboxylic acids is 1. The van der Waals surface area contributed by atoms with Crippen LogP contribution < -0.4 is 10.3 Å². The van der Waals surface area contributed by atoms with Gasteiger partial charge in [0.1, 0.15) is 5.75 Å². The number of aliphatic hydroxyl groups is 1. The number of amides is 1.